The molecule has 4 aliphatic rings. The lowest BCUT2D eigenvalue weighted by Gasteiger charge is -2.38. The zero-order valence-electron chi connectivity index (χ0n) is 28.2. The fraction of sp³-hybridized carbons (Fsp3) is 0.657. The molecule has 1 aromatic carbocycles. The van der Waals surface area contributed by atoms with Crippen LogP contribution in [0.15, 0.2) is 36.5 Å². The van der Waals surface area contributed by atoms with Crippen LogP contribution in [0.1, 0.15) is 68.7 Å². The largest absolute Gasteiger partial charge is 0.445 e. The van der Waals surface area contributed by atoms with Crippen LogP contribution in [0.3, 0.4) is 0 Å². The van der Waals surface area contributed by atoms with Gasteiger partial charge in [-0.05, 0) is 37.2 Å². The molecule has 2 atom stereocenters. The highest BCUT2D eigenvalue weighted by Gasteiger charge is 2.44. The van der Waals surface area contributed by atoms with Gasteiger partial charge in [-0.1, -0.05) is 67.6 Å². The molecule has 3 aliphatic heterocycles. The molecule has 4 heterocycles. The van der Waals surface area contributed by atoms with Gasteiger partial charge in [0, 0.05) is 38.4 Å². The quantitative estimate of drug-likeness (QED) is 0.486. The molecule has 0 radical (unpaired) electrons. The van der Waals surface area contributed by atoms with Crippen molar-refractivity contribution in [1.82, 2.24) is 35.0 Å². The second kappa shape index (κ2) is 17.1. The fourth-order valence-corrected chi connectivity index (χ4v) is 7.55. The molecular formula is C35H49N7O7. The number of nitrogens with zero attached hydrogens (tertiary/aromatic N) is 6. The first-order valence-electron chi connectivity index (χ1n) is 17.8. The summed E-state index contributed by atoms with van der Waals surface area (Å²) in [7, 11) is 0. The third-order valence-electron chi connectivity index (χ3n) is 10.2. The highest BCUT2D eigenvalue weighted by molar-refractivity contribution is 5.91. The molecule has 49 heavy (non-hydrogen) atoms. The Morgan fingerprint density at radius 3 is 2.45 bits per heavy atom. The van der Waals surface area contributed by atoms with Gasteiger partial charge in [0.25, 0.3) is 0 Å². The van der Waals surface area contributed by atoms with Crippen LogP contribution in [-0.2, 0) is 41.6 Å². The molecule has 1 N–H and O–H groups in total. The lowest BCUT2D eigenvalue weighted by atomic mass is 9.86. The molecular weight excluding hydrogens is 630 g/mol. The summed E-state index contributed by atoms with van der Waals surface area (Å²) in [4.78, 5) is 58.9. The van der Waals surface area contributed by atoms with E-state index in [0.29, 0.717) is 44.8 Å². The Kier molecular flexibility index (Phi) is 12.1. The highest BCUT2D eigenvalue weighted by Crippen LogP contribution is 2.31. The van der Waals surface area contributed by atoms with Crippen molar-refractivity contribution in [3.8, 4) is 0 Å². The smallest absolute Gasteiger partial charge is 0.410 e. The van der Waals surface area contributed by atoms with E-state index in [-0.39, 0.29) is 75.9 Å². The number of piperidine rings is 1. The van der Waals surface area contributed by atoms with E-state index in [1.54, 1.807) is 19.4 Å². The van der Waals surface area contributed by atoms with Crippen LogP contribution in [0.5, 0.6) is 0 Å². The van der Waals surface area contributed by atoms with E-state index < -0.39 is 12.1 Å². The number of likely N-dealkylation sites (tertiary alicyclic amines) is 1. The number of hydrogen-bond donors (Lipinski definition) is 1. The molecule has 3 saturated heterocycles. The van der Waals surface area contributed by atoms with Crippen LogP contribution in [0.4, 0.5) is 4.79 Å². The molecule has 1 aliphatic carbocycles. The molecule has 4 fully saturated rings. The lowest BCUT2D eigenvalue weighted by molar-refractivity contribution is -0.148. The Hall–Kier alpha value is -4.04. The van der Waals surface area contributed by atoms with Gasteiger partial charge >= 0.3 is 6.09 Å². The van der Waals surface area contributed by atoms with Crippen molar-refractivity contribution in [2.24, 2.45) is 5.92 Å². The first-order valence-corrected chi connectivity index (χ1v) is 17.8. The number of rotatable bonds is 6. The van der Waals surface area contributed by atoms with Crippen molar-refractivity contribution in [3.63, 3.8) is 0 Å². The van der Waals surface area contributed by atoms with Crippen molar-refractivity contribution in [2.45, 2.75) is 82.5 Å². The minimum absolute atomic E-state index is 0.182. The molecule has 1 aromatic heterocycles. The molecule has 0 spiro atoms. The maximum absolute atomic E-state index is 14.1. The van der Waals surface area contributed by atoms with Gasteiger partial charge in [0.2, 0.25) is 17.7 Å². The van der Waals surface area contributed by atoms with Crippen LogP contribution in [0, 0.1) is 5.92 Å². The first kappa shape index (κ1) is 34.8. The average molecular weight is 680 g/mol. The number of fused-ring (bicyclic) bond motifs is 1. The van der Waals surface area contributed by atoms with Crippen molar-refractivity contribution in [1.29, 1.82) is 0 Å². The maximum Gasteiger partial charge on any atom is 0.410 e. The predicted molar refractivity (Wildman–Crippen MR) is 177 cm³/mol. The lowest BCUT2D eigenvalue weighted by Crippen LogP contribution is -2.55. The van der Waals surface area contributed by atoms with E-state index in [4.69, 9.17) is 14.2 Å². The van der Waals surface area contributed by atoms with Gasteiger partial charge in [-0.2, -0.15) is 0 Å². The maximum atomic E-state index is 14.1. The molecule has 266 valence electrons. The molecule has 0 unspecified atom stereocenters. The van der Waals surface area contributed by atoms with Gasteiger partial charge in [0.15, 0.2) is 0 Å². The van der Waals surface area contributed by atoms with E-state index >= 15 is 0 Å². The Bertz CT molecular complexity index is 1410. The molecule has 1 saturated carbocycles. The topological polar surface area (TPSA) is 148 Å². The summed E-state index contributed by atoms with van der Waals surface area (Å²) >= 11 is 0. The number of nitrogens with one attached hydrogen (secondary N) is 1. The highest BCUT2D eigenvalue weighted by atomic mass is 16.6. The molecule has 14 heteroatoms. The molecule has 6 rings (SSSR count). The summed E-state index contributed by atoms with van der Waals surface area (Å²) in [6.07, 6.45) is 10.1. The van der Waals surface area contributed by atoms with Crippen molar-refractivity contribution in [2.75, 3.05) is 59.2 Å². The second-order valence-corrected chi connectivity index (χ2v) is 13.5. The monoisotopic (exact) mass is 679 g/mol. The predicted octanol–water partition coefficient (Wildman–Crippen LogP) is 2.34. The first-order chi connectivity index (χ1) is 24.0. The number of amides is 4. The third-order valence-corrected chi connectivity index (χ3v) is 10.2. The van der Waals surface area contributed by atoms with E-state index in [0.717, 1.165) is 17.7 Å². The normalized spacial score (nSPS) is 24.2. The zero-order valence-corrected chi connectivity index (χ0v) is 28.2. The Labute approximate surface area is 287 Å². The van der Waals surface area contributed by atoms with E-state index in [9.17, 15) is 19.2 Å². The minimum atomic E-state index is -0.809. The summed E-state index contributed by atoms with van der Waals surface area (Å²) in [5, 5.41) is 11.8. The number of carbonyl (C=O) groups excluding carboxylic acids is 4. The fourth-order valence-electron chi connectivity index (χ4n) is 7.55. The Morgan fingerprint density at radius 1 is 0.878 bits per heavy atom. The van der Waals surface area contributed by atoms with Gasteiger partial charge in [-0.25, -0.2) is 9.48 Å². The average Bonchev–Trinajstić information content (AvgIpc) is 3.79. The Balaban J connectivity index is 1.13. The summed E-state index contributed by atoms with van der Waals surface area (Å²) in [5.41, 5.74) is 1.82. The summed E-state index contributed by atoms with van der Waals surface area (Å²) in [6, 6.07) is 8.02. The van der Waals surface area contributed by atoms with Crippen molar-refractivity contribution in [3.05, 3.63) is 47.8 Å². The third kappa shape index (κ3) is 9.15. The minimum Gasteiger partial charge on any atom is -0.445 e. The van der Waals surface area contributed by atoms with Gasteiger partial charge < -0.3 is 34.2 Å². The molecule has 14 nitrogen and oxygen atoms in total. The number of benzene rings is 1. The molecule has 2 aromatic rings. The molecule has 4 amide bonds. The summed E-state index contributed by atoms with van der Waals surface area (Å²) in [5.74, 6) is -0.306. The van der Waals surface area contributed by atoms with Crippen molar-refractivity contribution >= 4 is 23.8 Å². The van der Waals surface area contributed by atoms with Crippen LogP contribution >= 0.6 is 0 Å². The van der Waals surface area contributed by atoms with Gasteiger partial charge in [-0.15, -0.1) is 5.10 Å². The number of carbonyl (C=O) groups is 4. The standard InChI is InChI=1S/C35H49N7O7/c43-31-23-41(29-11-15-39(16-12-29)35(46)49-24-27-9-5-2-6-10-27)32(44)25-48-20-19-47-18-14-36-34(45)33-30(13-17-40(31)33)42-22-28(37-38-42)21-26-7-3-1-4-8-26/h2,5-6,9-10,22,26,29-30,33H,1,3-4,7-8,11-21,23-25H2,(H,36,45)/t30-,33+/m1/s1. The number of aromatic nitrogens is 3. The zero-order chi connectivity index (χ0) is 34.0. The summed E-state index contributed by atoms with van der Waals surface area (Å²) < 4.78 is 18.5. The van der Waals surface area contributed by atoms with Gasteiger partial charge in [0.1, 0.15) is 25.8 Å². The SMILES string of the molecule is O=C1NCCOCCOCC(=O)N(C2CCN(C(=O)OCc3ccccc3)CC2)CC(=O)N2CC[C@@H](n3cc(CC4CCCCC4)nn3)[C@@H]12. The van der Waals surface area contributed by atoms with Crippen LogP contribution < -0.4 is 5.32 Å². The number of ether oxygens (including phenoxy) is 3. The van der Waals surface area contributed by atoms with Crippen molar-refractivity contribution < 1.29 is 33.4 Å². The van der Waals surface area contributed by atoms with E-state index in [1.165, 1.54) is 32.1 Å². The van der Waals surface area contributed by atoms with E-state index in [1.807, 2.05) is 36.5 Å². The number of hydrogen-bond acceptors (Lipinski definition) is 9. The molecule has 0 bridgehead atoms. The second-order valence-electron chi connectivity index (χ2n) is 13.5. The van der Waals surface area contributed by atoms with Gasteiger partial charge in [0.05, 0.1) is 31.6 Å². The van der Waals surface area contributed by atoms with Gasteiger partial charge in [-0.3, -0.25) is 14.4 Å². The van der Waals surface area contributed by atoms with E-state index in [2.05, 4.69) is 15.6 Å². The summed E-state index contributed by atoms with van der Waals surface area (Å²) in [6.45, 7) is 1.96. The van der Waals surface area contributed by atoms with Crippen LogP contribution in [0.2, 0.25) is 0 Å². The van der Waals surface area contributed by atoms with Crippen LogP contribution in [-0.4, -0.2) is 125 Å². The Morgan fingerprint density at radius 2 is 1.65 bits per heavy atom. The van der Waals surface area contributed by atoms with Crippen LogP contribution in [0.25, 0.3) is 0 Å².